The number of carbonyl (C=O) groups is 1. The zero-order chi connectivity index (χ0) is 18.0. The van der Waals surface area contributed by atoms with Crippen LogP contribution in [0.2, 0.25) is 0 Å². The fourth-order valence-electron chi connectivity index (χ4n) is 3.11. The third-order valence-corrected chi connectivity index (χ3v) is 4.67. The van der Waals surface area contributed by atoms with Crippen molar-refractivity contribution in [3.63, 3.8) is 0 Å². The lowest BCUT2D eigenvalue weighted by atomic mass is 9.97. The first-order chi connectivity index (χ1) is 12.0. The van der Waals surface area contributed by atoms with Crippen LogP contribution in [0.4, 0.5) is 5.69 Å². The maximum atomic E-state index is 11.5. The number of methoxy groups -OCH3 is 1. The van der Waals surface area contributed by atoms with E-state index in [2.05, 4.69) is 41.6 Å². The van der Waals surface area contributed by atoms with Gasteiger partial charge in [0.15, 0.2) is 5.69 Å². The van der Waals surface area contributed by atoms with Crippen molar-refractivity contribution in [1.82, 2.24) is 4.57 Å². The van der Waals surface area contributed by atoms with E-state index >= 15 is 0 Å². The van der Waals surface area contributed by atoms with Crippen LogP contribution in [0.5, 0.6) is 0 Å². The zero-order valence-electron chi connectivity index (χ0n) is 14.7. The highest BCUT2D eigenvalue weighted by molar-refractivity contribution is 5.98. The fraction of sp³-hybridized carbons (Fsp3) is 0.238. The van der Waals surface area contributed by atoms with Gasteiger partial charge in [0.25, 0.3) is 0 Å². The highest BCUT2D eigenvalue weighted by atomic mass is 16.5. The van der Waals surface area contributed by atoms with E-state index in [0.717, 1.165) is 22.0 Å². The van der Waals surface area contributed by atoms with E-state index in [4.69, 9.17) is 11.3 Å². The van der Waals surface area contributed by atoms with Crippen molar-refractivity contribution in [2.24, 2.45) is 0 Å². The predicted octanol–water partition coefficient (Wildman–Crippen LogP) is 5.04. The van der Waals surface area contributed by atoms with Crippen molar-refractivity contribution in [2.75, 3.05) is 7.11 Å². The average molecular weight is 332 g/mol. The maximum Gasteiger partial charge on any atom is 0.307 e. The third-order valence-electron chi connectivity index (χ3n) is 4.67. The van der Waals surface area contributed by atoms with E-state index in [0.29, 0.717) is 18.7 Å². The van der Waals surface area contributed by atoms with E-state index in [1.54, 1.807) is 0 Å². The Morgan fingerprint density at radius 1 is 1.20 bits per heavy atom. The van der Waals surface area contributed by atoms with Crippen molar-refractivity contribution in [1.29, 1.82) is 0 Å². The molecule has 0 spiro atoms. The molecule has 1 aromatic heterocycles. The van der Waals surface area contributed by atoms with Crippen LogP contribution < -0.4 is 0 Å². The van der Waals surface area contributed by atoms with E-state index in [1.165, 1.54) is 18.2 Å². The Morgan fingerprint density at radius 2 is 2.00 bits per heavy atom. The molecule has 2 aromatic carbocycles. The van der Waals surface area contributed by atoms with Crippen LogP contribution in [-0.4, -0.2) is 17.6 Å². The Morgan fingerprint density at radius 3 is 2.72 bits per heavy atom. The van der Waals surface area contributed by atoms with Crippen LogP contribution >= 0.6 is 0 Å². The first kappa shape index (κ1) is 16.8. The molecular weight excluding hydrogens is 312 g/mol. The monoisotopic (exact) mass is 332 g/mol. The van der Waals surface area contributed by atoms with Gasteiger partial charge in [-0.25, -0.2) is 4.85 Å². The molecule has 0 saturated carbocycles. The fourth-order valence-corrected chi connectivity index (χ4v) is 3.11. The molecule has 0 aliphatic rings. The average Bonchev–Trinajstić information content (AvgIpc) is 2.99. The van der Waals surface area contributed by atoms with Gasteiger partial charge in [-0.05, 0) is 48.1 Å². The first-order valence-corrected chi connectivity index (χ1v) is 8.19. The van der Waals surface area contributed by atoms with Crippen LogP contribution in [0.1, 0.15) is 17.5 Å². The SMILES string of the molecule is [C-]#[N+]c1ccc2c(c1)c(-c1cccc(C)c1C)cn2CCC(=O)OC. The summed E-state index contributed by atoms with van der Waals surface area (Å²) >= 11 is 0. The molecule has 4 heteroatoms. The van der Waals surface area contributed by atoms with Crippen molar-refractivity contribution < 1.29 is 9.53 Å². The van der Waals surface area contributed by atoms with Gasteiger partial charge >= 0.3 is 5.97 Å². The number of ether oxygens (including phenoxy) is 1. The molecule has 0 aliphatic carbocycles. The molecule has 3 rings (SSSR count). The quantitative estimate of drug-likeness (QED) is 0.496. The number of aryl methyl sites for hydroxylation is 2. The summed E-state index contributed by atoms with van der Waals surface area (Å²) in [7, 11) is 1.40. The second kappa shape index (κ2) is 6.82. The lowest BCUT2D eigenvalue weighted by Crippen LogP contribution is -2.06. The minimum absolute atomic E-state index is 0.229. The van der Waals surface area contributed by atoms with Crippen LogP contribution in [0.25, 0.3) is 26.9 Å². The molecule has 0 atom stereocenters. The Labute approximate surface area is 147 Å². The van der Waals surface area contributed by atoms with Crippen LogP contribution in [-0.2, 0) is 16.1 Å². The van der Waals surface area contributed by atoms with Gasteiger partial charge in [0.1, 0.15) is 0 Å². The normalized spacial score (nSPS) is 10.6. The maximum absolute atomic E-state index is 11.5. The number of rotatable bonds is 4. The van der Waals surface area contributed by atoms with Crippen molar-refractivity contribution in [3.05, 3.63) is 65.1 Å². The summed E-state index contributed by atoms with van der Waals surface area (Å²) in [6.07, 6.45) is 2.39. The van der Waals surface area contributed by atoms with Crippen molar-refractivity contribution in [3.8, 4) is 11.1 Å². The van der Waals surface area contributed by atoms with Crippen LogP contribution in [0, 0.1) is 20.4 Å². The van der Waals surface area contributed by atoms with Crippen LogP contribution in [0.15, 0.2) is 42.6 Å². The molecule has 3 aromatic rings. The molecule has 4 nitrogen and oxygen atoms in total. The Bertz CT molecular complexity index is 993. The number of fused-ring (bicyclic) bond motifs is 1. The molecule has 0 radical (unpaired) electrons. The molecule has 126 valence electrons. The van der Waals surface area contributed by atoms with Gasteiger partial charge in [0, 0.05) is 23.8 Å². The lowest BCUT2D eigenvalue weighted by molar-refractivity contribution is -0.140. The minimum Gasteiger partial charge on any atom is -0.469 e. The number of nitrogens with zero attached hydrogens (tertiary/aromatic N) is 2. The minimum atomic E-state index is -0.229. The number of esters is 1. The first-order valence-electron chi connectivity index (χ1n) is 8.19. The highest BCUT2D eigenvalue weighted by Crippen LogP contribution is 2.35. The van der Waals surface area contributed by atoms with Gasteiger partial charge in [0.05, 0.1) is 20.1 Å². The summed E-state index contributed by atoms with van der Waals surface area (Å²) in [4.78, 5) is 15.1. The second-order valence-electron chi connectivity index (χ2n) is 6.12. The summed E-state index contributed by atoms with van der Waals surface area (Å²) in [5.74, 6) is -0.229. The second-order valence-corrected chi connectivity index (χ2v) is 6.12. The number of carbonyl (C=O) groups excluding carboxylic acids is 1. The summed E-state index contributed by atoms with van der Waals surface area (Å²) in [6.45, 7) is 12.1. The van der Waals surface area contributed by atoms with Gasteiger partial charge in [-0.3, -0.25) is 4.79 Å². The van der Waals surface area contributed by atoms with Gasteiger partial charge < -0.3 is 9.30 Å². The lowest BCUT2D eigenvalue weighted by Gasteiger charge is -2.07. The summed E-state index contributed by atoms with van der Waals surface area (Å²) < 4.78 is 6.82. The van der Waals surface area contributed by atoms with Crippen molar-refractivity contribution in [2.45, 2.75) is 26.8 Å². The number of hydrogen-bond acceptors (Lipinski definition) is 2. The molecule has 0 bridgehead atoms. The van der Waals surface area contributed by atoms with Gasteiger partial charge in [-0.15, -0.1) is 0 Å². The zero-order valence-corrected chi connectivity index (χ0v) is 14.7. The molecule has 0 aliphatic heterocycles. The number of hydrogen-bond donors (Lipinski definition) is 0. The summed E-state index contributed by atoms with van der Waals surface area (Å²) in [5, 5.41) is 1.03. The predicted molar refractivity (Wildman–Crippen MR) is 99.7 cm³/mol. The Hall–Kier alpha value is -3.06. The smallest absolute Gasteiger partial charge is 0.307 e. The standard InChI is InChI=1S/C21H20N2O2/c1-14-6-5-7-17(15(14)2)19-13-23(11-10-21(24)25-4)20-9-8-16(22-3)12-18(19)20/h5-9,12-13H,10-11H2,1-2,4H3. The molecule has 0 fully saturated rings. The summed E-state index contributed by atoms with van der Waals surface area (Å²) in [6, 6.07) is 11.9. The number of aromatic nitrogens is 1. The van der Waals surface area contributed by atoms with Gasteiger partial charge in [-0.2, -0.15) is 0 Å². The highest BCUT2D eigenvalue weighted by Gasteiger charge is 2.14. The molecule has 0 saturated heterocycles. The van der Waals surface area contributed by atoms with Gasteiger partial charge in [-0.1, -0.05) is 24.3 Å². The van der Waals surface area contributed by atoms with Crippen molar-refractivity contribution >= 4 is 22.6 Å². The molecule has 0 N–H and O–H groups in total. The van der Waals surface area contributed by atoms with E-state index in [-0.39, 0.29) is 5.97 Å². The topological polar surface area (TPSA) is 35.6 Å². The third kappa shape index (κ3) is 3.14. The molecular formula is C21H20N2O2. The summed E-state index contributed by atoms with van der Waals surface area (Å²) in [5.41, 5.74) is 6.34. The Kier molecular flexibility index (Phi) is 4.58. The largest absolute Gasteiger partial charge is 0.469 e. The Balaban J connectivity index is 2.18. The molecule has 0 unspecified atom stereocenters. The van der Waals surface area contributed by atoms with Crippen LogP contribution in [0.3, 0.4) is 0 Å². The molecule has 25 heavy (non-hydrogen) atoms. The molecule has 1 heterocycles. The molecule has 0 amide bonds. The van der Waals surface area contributed by atoms with E-state index in [1.807, 2.05) is 24.3 Å². The van der Waals surface area contributed by atoms with E-state index < -0.39 is 0 Å². The number of benzene rings is 2. The van der Waals surface area contributed by atoms with E-state index in [9.17, 15) is 4.79 Å². The van der Waals surface area contributed by atoms with Gasteiger partial charge in [0.2, 0.25) is 0 Å².